The number of nitrogens with one attached hydrogen (secondary N) is 1. The van der Waals surface area contributed by atoms with Gasteiger partial charge in [0.1, 0.15) is 0 Å². The molecule has 2 aliphatic rings. The first kappa shape index (κ1) is 12.6. The maximum absolute atomic E-state index is 11.2. The second-order valence-electron chi connectivity index (χ2n) is 5.24. The Labute approximate surface area is 104 Å². The zero-order chi connectivity index (χ0) is 12.3. The molecule has 2 aliphatic carbocycles. The molecule has 3 heteroatoms. The standard InChI is InChI=1S/C14H23NO2/c1-3-17-14(16)6-7-15-10(2)13-9-11-4-5-12(13)8-11/h4-5,10-13,15H,3,6-9H2,1-2H3. The first-order chi connectivity index (χ1) is 8.20. The van der Waals surface area contributed by atoms with E-state index >= 15 is 0 Å². The minimum Gasteiger partial charge on any atom is -0.466 e. The zero-order valence-corrected chi connectivity index (χ0v) is 10.8. The molecule has 0 aromatic heterocycles. The quantitative estimate of drug-likeness (QED) is 0.568. The van der Waals surface area contributed by atoms with Crippen molar-refractivity contribution in [1.29, 1.82) is 0 Å². The highest BCUT2D eigenvalue weighted by molar-refractivity contribution is 5.69. The average molecular weight is 237 g/mol. The average Bonchev–Trinajstić information content (AvgIpc) is 2.90. The predicted octanol–water partition coefficient (Wildman–Crippen LogP) is 2.13. The summed E-state index contributed by atoms with van der Waals surface area (Å²) >= 11 is 0. The van der Waals surface area contributed by atoms with Crippen LogP contribution < -0.4 is 5.32 Å². The Morgan fingerprint density at radius 1 is 1.47 bits per heavy atom. The summed E-state index contributed by atoms with van der Waals surface area (Å²) in [5.41, 5.74) is 0. The van der Waals surface area contributed by atoms with Gasteiger partial charge in [0, 0.05) is 12.6 Å². The van der Waals surface area contributed by atoms with Gasteiger partial charge < -0.3 is 10.1 Å². The summed E-state index contributed by atoms with van der Waals surface area (Å²) in [6, 6.07) is 0.504. The molecule has 1 N–H and O–H groups in total. The number of carbonyl (C=O) groups is 1. The summed E-state index contributed by atoms with van der Waals surface area (Å²) in [7, 11) is 0. The van der Waals surface area contributed by atoms with Crippen molar-refractivity contribution in [1.82, 2.24) is 5.32 Å². The molecule has 4 unspecified atom stereocenters. The molecule has 0 spiro atoms. The molecule has 0 amide bonds. The van der Waals surface area contributed by atoms with Gasteiger partial charge in [0.05, 0.1) is 13.0 Å². The van der Waals surface area contributed by atoms with Gasteiger partial charge >= 0.3 is 5.97 Å². The van der Waals surface area contributed by atoms with Crippen LogP contribution in [-0.4, -0.2) is 25.2 Å². The molecule has 1 saturated carbocycles. The van der Waals surface area contributed by atoms with Crippen molar-refractivity contribution >= 4 is 5.97 Å². The van der Waals surface area contributed by atoms with Crippen molar-refractivity contribution in [2.45, 2.75) is 39.2 Å². The third kappa shape index (κ3) is 3.09. The zero-order valence-electron chi connectivity index (χ0n) is 10.8. The lowest BCUT2D eigenvalue weighted by atomic mass is 9.87. The number of allylic oxidation sites excluding steroid dienone is 2. The molecule has 1 fully saturated rings. The van der Waals surface area contributed by atoms with Crippen LogP contribution in [0.3, 0.4) is 0 Å². The maximum Gasteiger partial charge on any atom is 0.307 e. The van der Waals surface area contributed by atoms with Crippen LogP contribution in [0.25, 0.3) is 0 Å². The Kier molecular flexibility index (Phi) is 4.21. The van der Waals surface area contributed by atoms with E-state index in [-0.39, 0.29) is 5.97 Å². The molecule has 4 atom stereocenters. The molecule has 0 aromatic carbocycles. The Morgan fingerprint density at radius 3 is 2.88 bits per heavy atom. The van der Waals surface area contributed by atoms with Gasteiger partial charge in [-0.15, -0.1) is 0 Å². The second kappa shape index (κ2) is 5.67. The van der Waals surface area contributed by atoms with Gasteiger partial charge in [0.25, 0.3) is 0 Å². The fourth-order valence-corrected chi connectivity index (χ4v) is 3.18. The van der Waals surface area contributed by atoms with Gasteiger partial charge in [-0.1, -0.05) is 12.2 Å². The Bertz CT molecular complexity index is 301. The highest BCUT2D eigenvalue weighted by Crippen LogP contribution is 2.44. The summed E-state index contributed by atoms with van der Waals surface area (Å²) in [6.45, 7) is 5.29. The molecule has 2 rings (SSSR count). The Hall–Kier alpha value is -0.830. The van der Waals surface area contributed by atoms with Crippen LogP contribution in [0.2, 0.25) is 0 Å². The van der Waals surface area contributed by atoms with Crippen LogP contribution in [0, 0.1) is 17.8 Å². The van der Waals surface area contributed by atoms with E-state index in [1.807, 2.05) is 6.92 Å². The summed E-state index contributed by atoms with van der Waals surface area (Å²) < 4.78 is 4.91. The van der Waals surface area contributed by atoms with Crippen molar-refractivity contribution in [3.05, 3.63) is 12.2 Å². The van der Waals surface area contributed by atoms with E-state index in [1.165, 1.54) is 12.8 Å². The molecule has 2 bridgehead atoms. The number of hydrogen-bond acceptors (Lipinski definition) is 3. The Morgan fingerprint density at radius 2 is 2.29 bits per heavy atom. The van der Waals surface area contributed by atoms with Crippen molar-refractivity contribution in [3.63, 3.8) is 0 Å². The fraction of sp³-hybridized carbons (Fsp3) is 0.786. The van der Waals surface area contributed by atoms with Gasteiger partial charge in [-0.05, 0) is 44.4 Å². The molecule has 0 aromatic rings. The smallest absolute Gasteiger partial charge is 0.307 e. The van der Waals surface area contributed by atoms with Crippen LogP contribution in [-0.2, 0) is 9.53 Å². The molecule has 3 nitrogen and oxygen atoms in total. The minimum atomic E-state index is -0.0972. The third-order valence-corrected chi connectivity index (χ3v) is 4.07. The highest BCUT2D eigenvalue weighted by Gasteiger charge is 2.38. The lowest BCUT2D eigenvalue weighted by Gasteiger charge is -2.26. The number of fused-ring (bicyclic) bond motifs is 2. The van der Waals surface area contributed by atoms with Gasteiger partial charge in [0.15, 0.2) is 0 Å². The number of hydrogen-bond donors (Lipinski definition) is 1. The largest absolute Gasteiger partial charge is 0.466 e. The van der Waals surface area contributed by atoms with Crippen molar-refractivity contribution in [2.24, 2.45) is 17.8 Å². The Balaban J connectivity index is 1.66. The van der Waals surface area contributed by atoms with E-state index in [4.69, 9.17) is 4.74 Å². The van der Waals surface area contributed by atoms with E-state index in [0.717, 1.165) is 24.3 Å². The molecule has 0 radical (unpaired) electrons. The lowest BCUT2D eigenvalue weighted by Crippen LogP contribution is -2.36. The van der Waals surface area contributed by atoms with Crippen LogP contribution in [0.1, 0.15) is 33.1 Å². The van der Waals surface area contributed by atoms with Gasteiger partial charge in [-0.25, -0.2) is 0 Å². The van der Waals surface area contributed by atoms with E-state index in [2.05, 4.69) is 24.4 Å². The van der Waals surface area contributed by atoms with Crippen LogP contribution in [0.4, 0.5) is 0 Å². The van der Waals surface area contributed by atoms with E-state index in [9.17, 15) is 4.79 Å². The van der Waals surface area contributed by atoms with Gasteiger partial charge in [-0.2, -0.15) is 0 Å². The molecule has 0 aliphatic heterocycles. The SMILES string of the molecule is CCOC(=O)CCNC(C)C1CC2C=CC1C2. The van der Waals surface area contributed by atoms with Gasteiger partial charge in [0.2, 0.25) is 0 Å². The molecule has 0 saturated heterocycles. The van der Waals surface area contributed by atoms with Crippen molar-refractivity contribution in [3.8, 4) is 0 Å². The lowest BCUT2D eigenvalue weighted by molar-refractivity contribution is -0.143. The molecule has 0 heterocycles. The number of rotatable bonds is 6. The van der Waals surface area contributed by atoms with E-state index in [1.54, 1.807) is 0 Å². The van der Waals surface area contributed by atoms with Crippen LogP contribution in [0.5, 0.6) is 0 Å². The summed E-state index contributed by atoms with van der Waals surface area (Å²) in [4.78, 5) is 11.2. The summed E-state index contributed by atoms with van der Waals surface area (Å²) in [5, 5.41) is 3.46. The van der Waals surface area contributed by atoms with Crippen LogP contribution in [0.15, 0.2) is 12.2 Å². The van der Waals surface area contributed by atoms with Crippen molar-refractivity contribution < 1.29 is 9.53 Å². The first-order valence-electron chi connectivity index (χ1n) is 6.78. The van der Waals surface area contributed by atoms with Crippen molar-refractivity contribution in [2.75, 3.05) is 13.2 Å². The monoisotopic (exact) mass is 237 g/mol. The summed E-state index contributed by atoms with van der Waals surface area (Å²) in [6.07, 6.45) is 7.88. The number of carbonyl (C=O) groups excluding carboxylic acids is 1. The van der Waals surface area contributed by atoms with E-state index < -0.39 is 0 Å². The highest BCUT2D eigenvalue weighted by atomic mass is 16.5. The predicted molar refractivity (Wildman–Crippen MR) is 67.6 cm³/mol. The van der Waals surface area contributed by atoms with E-state index in [0.29, 0.717) is 19.1 Å². The summed E-state index contributed by atoms with van der Waals surface area (Å²) in [5.74, 6) is 2.25. The topological polar surface area (TPSA) is 38.3 Å². The molecule has 17 heavy (non-hydrogen) atoms. The normalized spacial score (nSPS) is 31.8. The third-order valence-electron chi connectivity index (χ3n) is 4.07. The van der Waals surface area contributed by atoms with Gasteiger partial charge in [-0.3, -0.25) is 4.79 Å². The first-order valence-corrected chi connectivity index (χ1v) is 6.78. The number of ether oxygens (including phenoxy) is 1. The second-order valence-corrected chi connectivity index (χ2v) is 5.24. The van der Waals surface area contributed by atoms with Crippen LogP contribution >= 0.6 is 0 Å². The molecular formula is C14H23NO2. The molecular weight excluding hydrogens is 214 g/mol. The maximum atomic E-state index is 11.2. The number of esters is 1. The molecule has 96 valence electrons. The minimum absolute atomic E-state index is 0.0972. The fourth-order valence-electron chi connectivity index (χ4n) is 3.18.